The molecule has 4 heteroatoms. The Bertz CT molecular complexity index is 257. The number of carbonyl (C=O) groups is 1. The van der Waals surface area contributed by atoms with Gasteiger partial charge in [0.05, 0.1) is 5.54 Å². The number of nitrogens with one attached hydrogen (secondary N) is 1. The Morgan fingerprint density at radius 1 is 1.53 bits per heavy atom. The summed E-state index contributed by atoms with van der Waals surface area (Å²) in [6.45, 7) is 9.07. The molecule has 0 aromatic carbocycles. The van der Waals surface area contributed by atoms with Gasteiger partial charge in [0, 0.05) is 12.6 Å². The first kappa shape index (κ1) is 14.5. The van der Waals surface area contributed by atoms with E-state index >= 15 is 0 Å². The van der Waals surface area contributed by atoms with Crippen LogP contribution in [0.15, 0.2) is 0 Å². The fourth-order valence-electron chi connectivity index (χ4n) is 2.55. The summed E-state index contributed by atoms with van der Waals surface area (Å²) in [4.78, 5) is 14.0. The maximum atomic E-state index is 11.5. The first-order valence-electron chi connectivity index (χ1n) is 6.78. The zero-order chi connectivity index (χ0) is 12.9. The molecule has 1 rings (SSSR count). The molecule has 4 nitrogen and oxygen atoms in total. The highest BCUT2D eigenvalue weighted by atomic mass is 16.1. The van der Waals surface area contributed by atoms with E-state index in [-0.39, 0.29) is 5.91 Å². The number of hydrogen-bond acceptors (Lipinski definition) is 3. The number of piperidine rings is 1. The van der Waals surface area contributed by atoms with Crippen molar-refractivity contribution in [2.45, 2.75) is 58.0 Å². The van der Waals surface area contributed by atoms with Gasteiger partial charge in [0.25, 0.3) is 0 Å². The summed E-state index contributed by atoms with van der Waals surface area (Å²) in [5, 5.41) is 3.21. The summed E-state index contributed by atoms with van der Waals surface area (Å²) in [6, 6.07) is 0.641. The molecule has 0 aliphatic carbocycles. The lowest BCUT2D eigenvalue weighted by Gasteiger charge is -2.36. The van der Waals surface area contributed by atoms with Crippen LogP contribution >= 0.6 is 0 Å². The van der Waals surface area contributed by atoms with Crippen molar-refractivity contribution in [1.29, 1.82) is 0 Å². The Labute approximate surface area is 105 Å². The third kappa shape index (κ3) is 3.96. The van der Waals surface area contributed by atoms with Crippen LogP contribution in [0.1, 0.15) is 46.5 Å². The second-order valence-electron chi connectivity index (χ2n) is 5.36. The molecule has 1 aliphatic rings. The predicted molar refractivity (Wildman–Crippen MR) is 70.8 cm³/mol. The van der Waals surface area contributed by atoms with Crippen LogP contribution in [0.2, 0.25) is 0 Å². The number of nitrogens with zero attached hydrogens (tertiary/aromatic N) is 1. The monoisotopic (exact) mass is 241 g/mol. The molecule has 3 N–H and O–H groups in total. The maximum absolute atomic E-state index is 11.5. The van der Waals surface area contributed by atoms with Gasteiger partial charge in [-0.1, -0.05) is 13.3 Å². The standard InChI is InChI=1S/C13H27N3O/c1-4-15-13(3,12(14)17)8-10-16-9-6-5-7-11(16)2/h11,15H,4-10H2,1-3H3,(H2,14,17). The van der Waals surface area contributed by atoms with Gasteiger partial charge in [-0.15, -0.1) is 0 Å². The predicted octanol–water partition coefficient (Wildman–Crippen LogP) is 1.10. The normalized spacial score (nSPS) is 25.5. The molecule has 1 aliphatic heterocycles. The molecule has 1 heterocycles. The minimum Gasteiger partial charge on any atom is -0.368 e. The van der Waals surface area contributed by atoms with Gasteiger partial charge in [-0.2, -0.15) is 0 Å². The first-order valence-corrected chi connectivity index (χ1v) is 6.78. The molecule has 1 amide bonds. The minimum atomic E-state index is -0.564. The Morgan fingerprint density at radius 2 is 2.24 bits per heavy atom. The highest BCUT2D eigenvalue weighted by Crippen LogP contribution is 2.19. The van der Waals surface area contributed by atoms with Crippen LogP contribution in [0.5, 0.6) is 0 Å². The molecular formula is C13H27N3O. The SMILES string of the molecule is CCNC(C)(CCN1CCCCC1C)C(N)=O. The maximum Gasteiger partial charge on any atom is 0.237 e. The molecular weight excluding hydrogens is 214 g/mol. The lowest BCUT2D eigenvalue weighted by Crippen LogP contribution is -2.55. The summed E-state index contributed by atoms with van der Waals surface area (Å²) >= 11 is 0. The fraction of sp³-hybridized carbons (Fsp3) is 0.923. The highest BCUT2D eigenvalue weighted by molar-refractivity contribution is 5.84. The average Bonchev–Trinajstić information content (AvgIpc) is 2.28. The largest absolute Gasteiger partial charge is 0.368 e. The molecule has 0 saturated carbocycles. The smallest absolute Gasteiger partial charge is 0.237 e. The van der Waals surface area contributed by atoms with Crippen LogP contribution in [-0.2, 0) is 4.79 Å². The average molecular weight is 241 g/mol. The molecule has 0 bridgehead atoms. The Kier molecular flexibility index (Phi) is 5.40. The van der Waals surface area contributed by atoms with E-state index in [0.29, 0.717) is 6.04 Å². The van der Waals surface area contributed by atoms with Crippen molar-refractivity contribution in [3.8, 4) is 0 Å². The lowest BCUT2D eigenvalue weighted by molar-refractivity contribution is -0.124. The quantitative estimate of drug-likeness (QED) is 0.732. The zero-order valence-corrected chi connectivity index (χ0v) is 11.5. The van der Waals surface area contributed by atoms with Gasteiger partial charge in [-0.05, 0) is 46.2 Å². The van der Waals surface area contributed by atoms with Crippen molar-refractivity contribution in [1.82, 2.24) is 10.2 Å². The van der Waals surface area contributed by atoms with Crippen LogP contribution in [0.25, 0.3) is 0 Å². The molecule has 0 aromatic rings. The number of hydrogen-bond donors (Lipinski definition) is 2. The number of rotatable bonds is 6. The van der Waals surface area contributed by atoms with Crippen molar-refractivity contribution < 1.29 is 4.79 Å². The molecule has 1 fully saturated rings. The number of primary amides is 1. The van der Waals surface area contributed by atoms with Gasteiger partial charge in [-0.3, -0.25) is 4.79 Å². The van der Waals surface area contributed by atoms with Crippen LogP contribution < -0.4 is 11.1 Å². The number of likely N-dealkylation sites (tertiary alicyclic amines) is 1. The van der Waals surface area contributed by atoms with Gasteiger partial charge in [0.2, 0.25) is 5.91 Å². The van der Waals surface area contributed by atoms with Gasteiger partial charge < -0.3 is 16.0 Å². The molecule has 1 saturated heterocycles. The molecule has 0 radical (unpaired) electrons. The van der Waals surface area contributed by atoms with Crippen LogP contribution in [0.4, 0.5) is 0 Å². The number of nitrogens with two attached hydrogens (primary N) is 1. The third-order valence-corrected chi connectivity index (χ3v) is 3.95. The van der Waals surface area contributed by atoms with E-state index in [2.05, 4.69) is 17.1 Å². The van der Waals surface area contributed by atoms with E-state index in [0.717, 1.165) is 26.1 Å². The summed E-state index contributed by atoms with van der Waals surface area (Å²) in [7, 11) is 0. The molecule has 2 atom stereocenters. The first-order chi connectivity index (χ1) is 7.99. The molecule has 0 aromatic heterocycles. The minimum absolute atomic E-state index is 0.246. The zero-order valence-electron chi connectivity index (χ0n) is 11.5. The Morgan fingerprint density at radius 3 is 2.76 bits per heavy atom. The molecule has 17 heavy (non-hydrogen) atoms. The topological polar surface area (TPSA) is 58.4 Å². The van der Waals surface area contributed by atoms with E-state index in [9.17, 15) is 4.79 Å². The van der Waals surface area contributed by atoms with Gasteiger partial charge >= 0.3 is 0 Å². The highest BCUT2D eigenvalue weighted by Gasteiger charge is 2.31. The van der Waals surface area contributed by atoms with Crippen molar-refractivity contribution in [3.63, 3.8) is 0 Å². The second kappa shape index (κ2) is 6.36. The van der Waals surface area contributed by atoms with Crippen LogP contribution in [-0.4, -0.2) is 42.0 Å². The van der Waals surface area contributed by atoms with Crippen molar-refractivity contribution in [2.75, 3.05) is 19.6 Å². The van der Waals surface area contributed by atoms with Gasteiger partial charge in [-0.25, -0.2) is 0 Å². The summed E-state index contributed by atoms with van der Waals surface area (Å²) in [6.07, 6.45) is 4.67. The lowest BCUT2D eigenvalue weighted by atomic mass is 9.95. The van der Waals surface area contributed by atoms with E-state index in [1.54, 1.807) is 0 Å². The molecule has 0 spiro atoms. The van der Waals surface area contributed by atoms with Crippen molar-refractivity contribution in [2.24, 2.45) is 5.73 Å². The van der Waals surface area contributed by atoms with Gasteiger partial charge in [0.1, 0.15) is 0 Å². The van der Waals surface area contributed by atoms with Crippen LogP contribution in [0.3, 0.4) is 0 Å². The van der Waals surface area contributed by atoms with E-state index < -0.39 is 5.54 Å². The summed E-state index contributed by atoms with van der Waals surface area (Å²) < 4.78 is 0. The summed E-state index contributed by atoms with van der Waals surface area (Å²) in [5.41, 5.74) is 4.92. The van der Waals surface area contributed by atoms with Crippen molar-refractivity contribution in [3.05, 3.63) is 0 Å². The molecule has 100 valence electrons. The van der Waals surface area contributed by atoms with Gasteiger partial charge in [0.15, 0.2) is 0 Å². The Hall–Kier alpha value is -0.610. The molecule has 2 unspecified atom stereocenters. The second-order valence-corrected chi connectivity index (χ2v) is 5.36. The summed E-state index contributed by atoms with van der Waals surface area (Å²) in [5.74, 6) is -0.246. The van der Waals surface area contributed by atoms with E-state index in [1.807, 2.05) is 13.8 Å². The number of amides is 1. The van der Waals surface area contributed by atoms with E-state index in [1.165, 1.54) is 19.3 Å². The van der Waals surface area contributed by atoms with Crippen LogP contribution in [0, 0.1) is 0 Å². The fourth-order valence-corrected chi connectivity index (χ4v) is 2.55. The van der Waals surface area contributed by atoms with E-state index in [4.69, 9.17) is 5.73 Å². The Balaban J connectivity index is 2.48. The number of likely N-dealkylation sites (N-methyl/N-ethyl adjacent to an activating group) is 1. The number of carbonyl (C=O) groups excluding carboxylic acids is 1. The van der Waals surface area contributed by atoms with Crippen molar-refractivity contribution >= 4 is 5.91 Å². The third-order valence-electron chi connectivity index (χ3n) is 3.95.